The van der Waals surface area contributed by atoms with Crippen LogP contribution in [0.2, 0.25) is 0 Å². The summed E-state index contributed by atoms with van der Waals surface area (Å²) in [6.45, 7) is 3.50. The van der Waals surface area contributed by atoms with Crippen molar-refractivity contribution < 1.29 is 13.2 Å². The minimum Gasteiger partial charge on any atom is -0.382 e. The number of rotatable bonds is 7. The van der Waals surface area contributed by atoms with Crippen LogP contribution in [0.1, 0.15) is 13.3 Å². The highest BCUT2D eigenvalue weighted by Gasteiger charge is 2.15. The lowest BCUT2D eigenvalue weighted by molar-refractivity contribution is 0.146. The Morgan fingerprint density at radius 2 is 2.06 bits per heavy atom. The summed E-state index contributed by atoms with van der Waals surface area (Å²) in [5.41, 5.74) is 0. The molecule has 0 unspecified atom stereocenters. The maximum atomic E-state index is 11.9. The van der Waals surface area contributed by atoms with E-state index in [1.165, 1.54) is 0 Å². The molecule has 6 heteroatoms. The fourth-order valence-electron chi connectivity index (χ4n) is 1.27. The van der Waals surface area contributed by atoms with Crippen LogP contribution < -0.4 is 4.72 Å². The summed E-state index contributed by atoms with van der Waals surface area (Å²) in [5.74, 6) is 0. The largest absolute Gasteiger partial charge is 0.382 e. The molecule has 0 aromatic heterocycles. The number of hydrogen-bond acceptors (Lipinski definition) is 3. The van der Waals surface area contributed by atoms with E-state index in [2.05, 4.69) is 20.7 Å². The smallest absolute Gasteiger partial charge is 0.241 e. The fraction of sp³-hybridized carbons (Fsp3) is 0.455. The molecule has 0 amide bonds. The third kappa shape index (κ3) is 4.75. The zero-order chi connectivity index (χ0) is 12.7. The zero-order valence-corrected chi connectivity index (χ0v) is 12.1. The number of nitrogens with one attached hydrogen (secondary N) is 1. The first-order valence-electron chi connectivity index (χ1n) is 5.40. The quantitative estimate of drug-likeness (QED) is 0.783. The SMILES string of the molecule is CCOCCCNS(=O)(=O)c1ccccc1Br. The molecule has 0 radical (unpaired) electrons. The van der Waals surface area contributed by atoms with Crippen LogP contribution in [0.3, 0.4) is 0 Å². The van der Waals surface area contributed by atoms with Gasteiger partial charge in [0.15, 0.2) is 0 Å². The zero-order valence-electron chi connectivity index (χ0n) is 9.65. The standard InChI is InChI=1S/C11H16BrNO3S/c1-2-16-9-5-8-13-17(14,15)11-7-4-3-6-10(11)12/h3-4,6-7,13H,2,5,8-9H2,1H3. The molecule has 0 bridgehead atoms. The first kappa shape index (κ1) is 14.6. The van der Waals surface area contributed by atoms with Crippen molar-refractivity contribution in [1.29, 1.82) is 0 Å². The predicted octanol–water partition coefficient (Wildman–Crippen LogP) is 2.15. The third-order valence-electron chi connectivity index (χ3n) is 2.09. The molecular weight excluding hydrogens is 306 g/mol. The Balaban J connectivity index is 2.55. The maximum absolute atomic E-state index is 11.9. The predicted molar refractivity (Wildman–Crippen MR) is 70.4 cm³/mol. The Morgan fingerprint density at radius 1 is 1.35 bits per heavy atom. The molecule has 0 saturated carbocycles. The molecule has 1 aromatic rings. The first-order valence-corrected chi connectivity index (χ1v) is 7.67. The molecule has 4 nitrogen and oxygen atoms in total. The van der Waals surface area contributed by atoms with Crippen LogP contribution in [0, 0.1) is 0 Å². The normalized spacial score (nSPS) is 11.6. The molecule has 0 aliphatic rings. The lowest BCUT2D eigenvalue weighted by atomic mass is 10.4. The van der Waals surface area contributed by atoms with Crippen LogP contribution in [0.5, 0.6) is 0 Å². The topological polar surface area (TPSA) is 55.4 Å². The van der Waals surface area contributed by atoms with E-state index in [9.17, 15) is 8.42 Å². The van der Waals surface area contributed by atoms with E-state index in [0.29, 0.717) is 30.7 Å². The van der Waals surface area contributed by atoms with E-state index in [1.54, 1.807) is 24.3 Å². The molecule has 1 aromatic carbocycles. The average molecular weight is 322 g/mol. The summed E-state index contributed by atoms with van der Waals surface area (Å²) >= 11 is 3.22. The summed E-state index contributed by atoms with van der Waals surface area (Å²) < 4.78 is 32.0. The third-order valence-corrected chi connectivity index (χ3v) is 4.56. The van der Waals surface area contributed by atoms with E-state index in [-0.39, 0.29) is 4.90 Å². The highest BCUT2D eigenvalue weighted by atomic mass is 79.9. The van der Waals surface area contributed by atoms with Gasteiger partial charge in [-0.3, -0.25) is 0 Å². The van der Waals surface area contributed by atoms with Crippen LogP contribution in [0.4, 0.5) is 0 Å². The van der Waals surface area contributed by atoms with E-state index in [1.807, 2.05) is 6.92 Å². The van der Waals surface area contributed by atoms with Gasteiger partial charge in [0.1, 0.15) is 0 Å². The summed E-state index contributed by atoms with van der Waals surface area (Å²) in [4.78, 5) is 0.261. The Morgan fingerprint density at radius 3 is 2.71 bits per heavy atom. The molecule has 17 heavy (non-hydrogen) atoms. The van der Waals surface area contributed by atoms with Crippen molar-refractivity contribution in [2.45, 2.75) is 18.2 Å². The van der Waals surface area contributed by atoms with Crippen molar-refractivity contribution in [3.8, 4) is 0 Å². The second-order valence-electron chi connectivity index (χ2n) is 3.38. The molecule has 1 rings (SSSR count). The average Bonchev–Trinajstić information content (AvgIpc) is 2.29. The van der Waals surface area contributed by atoms with Crippen molar-refractivity contribution in [3.05, 3.63) is 28.7 Å². The molecule has 0 aliphatic heterocycles. The van der Waals surface area contributed by atoms with Gasteiger partial charge in [0.2, 0.25) is 10.0 Å². The van der Waals surface area contributed by atoms with Crippen molar-refractivity contribution in [2.24, 2.45) is 0 Å². The van der Waals surface area contributed by atoms with Crippen LogP contribution in [0.15, 0.2) is 33.6 Å². The molecular formula is C11H16BrNO3S. The van der Waals surface area contributed by atoms with E-state index in [4.69, 9.17) is 4.74 Å². The van der Waals surface area contributed by atoms with E-state index < -0.39 is 10.0 Å². The summed E-state index contributed by atoms with van der Waals surface area (Å²) in [7, 11) is -3.43. The number of hydrogen-bond donors (Lipinski definition) is 1. The van der Waals surface area contributed by atoms with Crippen molar-refractivity contribution in [3.63, 3.8) is 0 Å². The minimum atomic E-state index is -3.43. The van der Waals surface area contributed by atoms with Gasteiger partial charge in [-0.1, -0.05) is 12.1 Å². The van der Waals surface area contributed by atoms with Crippen molar-refractivity contribution >= 4 is 26.0 Å². The Labute approximate surface area is 111 Å². The molecule has 1 N–H and O–H groups in total. The number of sulfonamides is 1. The van der Waals surface area contributed by atoms with E-state index >= 15 is 0 Å². The summed E-state index contributed by atoms with van der Waals surface area (Å²) in [5, 5.41) is 0. The minimum absolute atomic E-state index is 0.261. The lowest BCUT2D eigenvalue weighted by Crippen LogP contribution is -2.25. The molecule has 0 heterocycles. The number of halogens is 1. The van der Waals surface area contributed by atoms with Gasteiger partial charge in [-0.15, -0.1) is 0 Å². The summed E-state index contributed by atoms with van der Waals surface area (Å²) in [6, 6.07) is 6.74. The highest BCUT2D eigenvalue weighted by Crippen LogP contribution is 2.20. The van der Waals surface area contributed by atoms with Crippen LogP contribution in [0.25, 0.3) is 0 Å². The number of ether oxygens (including phenoxy) is 1. The summed E-state index contributed by atoms with van der Waals surface area (Å²) in [6.07, 6.45) is 0.664. The molecule has 0 atom stereocenters. The van der Waals surface area contributed by atoms with Gasteiger partial charge in [-0.25, -0.2) is 13.1 Å². The fourth-order valence-corrected chi connectivity index (χ4v) is 3.34. The monoisotopic (exact) mass is 321 g/mol. The molecule has 0 saturated heterocycles. The van der Waals surface area contributed by atoms with Crippen molar-refractivity contribution in [2.75, 3.05) is 19.8 Å². The van der Waals surface area contributed by atoms with Crippen molar-refractivity contribution in [1.82, 2.24) is 4.72 Å². The lowest BCUT2D eigenvalue weighted by Gasteiger charge is -2.08. The Bertz CT molecular complexity index is 448. The van der Waals surface area contributed by atoms with Crippen LogP contribution >= 0.6 is 15.9 Å². The molecule has 0 aliphatic carbocycles. The van der Waals surface area contributed by atoms with Gasteiger partial charge < -0.3 is 4.74 Å². The molecule has 0 fully saturated rings. The van der Waals surface area contributed by atoms with Gasteiger partial charge in [0.05, 0.1) is 4.90 Å². The Kier molecular flexibility index (Phi) is 6.11. The number of benzene rings is 1. The van der Waals surface area contributed by atoms with Crippen LogP contribution in [-0.2, 0) is 14.8 Å². The first-order chi connectivity index (χ1) is 8.08. The second kappa shape index (κ2) is 7.10. The second-order valence-corrected chi connectivity index (χ2v) is 5.97. The molecule has 0 spiro atoms. The highest BCUT2D eigenvalue weighted by molar-refractivity contribution is 9.10. The Hall–Kier alpha value is -0.430. The van der Waals surface area contributed by atoms with Crippen LogP contribution in [-0.4, -0.2) is 28.2 Å². The van der Waals surface area contributed by atoms with Gasteiger partial charge in [0, 0.05) is 24.2 Å². The van der Waals surface area contributed by atoms with Gasteiger partial charge in [0.25, 0.3) is 0 Å². The van der Waals surface area contributed by atoms with E-state index in [0.717, 1.165) is 0 Å². The van der Waals surface area contributed by atoms with Gasteiger partial charge >= 0.3 is 0 Å². The van der Waals surface area contributed by atoms with Gasteiger partial charge in [-0.05, 0) is 41.4 Å². The van der Waals surface area contributed by atoms with Gasteiger partial charge in [-0.2, -0.15) is 0 Å². The maximum Gasteiger partial charge on any atom is 0.241 e. The molecule has 96 valence electrons.